The van der Waals surface area contributed by atoms with Gasteiger partial charge in [0.05, 0.1) is 0 Å². The lowest BCUT2D eigenvalue weighted by Crippen LogP contribution is -2.04. The molecule has 0 aliphatic heterocycles. The molecular weight excluding hydrogens is 166 g/mol. The third-order valence-corrected chi connectivity index (χ3v) is 1.33. The minimum atomic E-state index is -0.388. The quantitative estimate of drug-likeness (QED) is 0.523. The molecule has 1 aromatic rings. The summed E-state index contributed by atoms with van der Waals surface area (Å²) in [6.45, 7) is 1.95. The van der Waals surface area contributed by atoms with Crippen molar-refractivity contribution in [1.82, 2.24) is 4.98 Å². The molecule has 3 heteroatoms. The topological polar surface area (TPSA) is 39.2 Å². The van der Waals surface area contributed by atoms with Crippen molar-refractivity contribution in [3.05, 3.63) is 36.5 Å². The summed E-state index contributed by atoms with van der Waals surface area (Å²) in [7, 11) is 0. The average Bonchev–Trinajstić information content (AvgIpc) is 2.16. The molecule has 1 heterocycles. The van der Waals surface area contributed by atoms with Gasteiger partial charge in [-0.2, -0.15) is 0 Å². The Morgan fingerprint density at radius 3 is 3.08 bits per heavy atom. The number of hydrogen-bond acceptors (Lipinski definition) is 3. The number of pyridine rings is 1. The fraction of sp³-hybridized carbons (Fsp3) is 0.200. The molecule has 0 aliphatic carbocycles. The van der Waals surface area contributed by atoms with Gasteiger partial charge in [-0.1, -0.05) is 19.1 Å². The highest BCUT2D eigenvalue weighted by Gasteiger charge is 1.98. The van der Waals surface area contributed by atoms with Crippen molar-refractivity contribution < 1.29 is 9.53 Å². The van der Waals surface area contributed by atoms with Gasteiger partial charge >= 0.3 is 5.97 Å². The van der Waals surface area contributed by atoms with Gasteiger partial charge in [-0.15, -0.1) is 0 Å². The molecule has 0 radical (unpaired) electrons. The Hall–Kier alpha value is -1.64. The van der Waals surface area contributed by atoms with Gasteiger partial charge < -0.3 is 4.74 Å². The Kier molecular flexibility index (Phi) is 3.70. The van der Waals surface area contributed by atoms with Gasteiger partial charge in [0.2, 0.25) is 5.88 Å². The molecule has 1 rings (SSSR count). The molecule has 1 aromatic heterocycles. The predicted octanol–water partition coefficient (Wildman–Crippen LogP) is 1.95. The molecule has 0 fully saturated rings. The second kappa shape index (κ2) is 5.09. The number of nitrogens with zero attached hydrogens (tertiary/aromatic N) is 1. The summed E-state index contributed by atoms with van der Waals surface area (Å²) in [4.78, 5) is 14.9. The van der Waals surface area contributed by atoms with E-state index in [1.807, 2.05) is 6.92 Å². The van der Waals surface area contributed by atoms with E-state index in [2.05, 4.69) is 4.98 Å². The van der Waals surface area contributed by atoms with Gasteiger partial charge in [0.15, 0.2) is 0 Å². The maximum Gasteiger partial charge on any atom is 0.337 e. The average molecular weight is 177 g/mol. The maximum atomic E-state index is 11.0. The van der Waals surface area contributed by atoms with Crippen LogP contribution in [0.1, 0.15) is 13.3 Å². The van der Waals surface area contributed by atoms with E-state index in [9.17, 15) is 4.79 Å². The Morgan fingerprint density at radius 1 is 1.62 bits per heavy atom. The van der Waals surface area contributed by atoms with E-state index in [1.165, 1.54) is 6.08 Å². The largest absolute Gasteiger partial charge is 0.404 e. The lowest BCUT2D eigenvalue weighted by molar-refractivity contribution is -0.129. The molecule has 13 heavy (non-hydrogen) atoms. The van der Waals surface area contributed by atoms with Crippen LogP contribution in [0.5, 0.6) is 5.88 Å². The zero-order valence-electron chi connectivity index (χ0n) is 7.43. The van der Waals surface area contributed by atoms with Crippen LogP contribution < -0.4 is 4.74 Å². The van der Waals surface area contributed by atoms with Crippen molar-refractivity contribution in [2.24, 2.45) is 0 Å². The maximum absolute atomic E-state index is 11.0. The Bertz CT molecular complexity index is 293. The Labute approximate surface area is 77.1 Å². The number of esters is 1. The molecule has 0 amide bonds. The van der Waals surface area contributed by atoms with Crippen LogP contribution >= 0.6 is 0 Å². The summed E-state index contributed by atoms with van der Waals surface area (Å²) < 4.78 is 4.88. The van der Waals surface area contributed by atoms with Crippen molar-refractivity contribution in [2.45, 2.75) is 13.3 Å². The summed E-state index contributed by atoms with van der Waals surface area (Å²) in [5, 5.41) is 0. The van der Waals surface area contributed by atoms with E-state index >= 15 is 0 Å². The first-order chi connectivity index (χ1) is 6.33. The Balaban J connectivity index is 2.50. The van der Waals surface area contributed by atoms with Crippen LogP contribution in [-0.2, 0) is 4.79 Å². The van der Waals surface area contributed by atoms with Crippen LogP contribution in [0.2, 0.25) is 0 Å². The number of aromatic nitrogens is 1. The van der Waals surface area contributed by atoms with Gasteiger partial charge in [-0.3, -0.25) is 0 Å². The van der Waals surface area contributed by atoms with Gasteiger partial charge in [-0.05, 0) is 12.5 Å². The van der Waals surface area contributed by atoms with E-state index in [1.54, 1.807) is 30.5 Å². The van der Waals surface area contributed by atoms with Crippen molar-refractivity contribution in [3.8, 4) is 5.88 Å². The summed E-state index contributed by atoms with van der Waals surface area (Å²) in [6.07, 6.45) is 5.53. The van der Waals surface area contributed by atoms with Crippen LogP contribution in [0.3, 0.4) is 0 Å². The summed E-state index contributed by atoms with van der Waals surface area (Å²) >= 11 is 0. The summed E-state index contributed by atoms with van der Waals surface area (Å²) in [5.41, 5.74) is 0. The normalized spacial score (nSPS) is 10.2. The van der Waals surface area contributed by atoms with Crippen LogP contribution in [0.4, 0.5) is 0 Å². The van der Waals surface area contributed by atoms with E-state index in [-0.39, 0.29) is 5.97 Å². The number of hydrogen-bond donors (Lipinski definition) is 0. The highest BCUT2D eigenvalue weighted by atomic mass is 16.5. The predicted molar refractivity (Wildman–Crippen MR) is 49.3 cm³/mol. The van der Waals surface area contributed by atoms with Crippen molar-refractivity contribution in [1.29, 1.82) is 0 Å². The molecule has 0 saturated heterocycles. The molecule has 0 aromatic carbocycles. The number of carbonyl (C=O) groups excluding carboxylic acids is 1. The number of allylic oxidation sites excluding steroid dienone is 1. The third-order valence-electron chi connectivity index (χ3n) is 1.33. The standard InChI is InChI=1S/C10H11NO2/c1-2-3-7-10(12)13-9-6-4-5-8-11-9/h3-8H,2H2,1H3. The Morgan fingerprint density at radius 2 is 2.46 bits per heavy atom. The summed E-state index contributed by atoms with van der Waals surface area (Å²) in [5.74, 6) is -0.0613. The van der Waals surface area contributed by atoms with Crippen molar-refractivity contribution in [2.75, 3.05) is 0 Å². The third kappa shape index (κ3) is 3.51. The molecule has 68 valence electrons. The molecule has 3 nitrogen and oxygen atoms in total. The van der Waals surface area contributed by atoms with Gasteiger partial charge in [0.25, 0.3) is 0 Å². The van der Waals surface area contributed by atoms with E-state index in [0.29, 0.717) is 5.88 Å². The first-order valence-corrected chi connectivity index (χ1v) is 4.12. The summed E-state index contributed by atoms with van der Waals surface area (Å²) in [6, 6.07) is 5.16. The van der Waals surface area contributed by atoms with Gasteiger partial charge in [0.1, 0.15) is 0 Å². The van der Waals surface area contributed by atoms with Crippen LogP contribution in [-0.4, -0.2) is 11.0 Å². The second-order valence-corrected chi connectivity index (χ2v) is 2.40. The minimum Gasteiger partial charge on any atom is -0.404 e. The molecule has 0 N–H and O–H groups in total. The molecule has 0 bridgehead atoms. The SMILES string of the molecule is CCC=CC(=O)Oc1ccccn1. The fourth-order valence-electron chi connectivity index (χ4n) is 0.759. The number of ether oxygens (including phenoxy) is 1. The number of rotatable bonds is 3. The highest BCUT2D eigenvalue weighted by Crippen LogP contribution is 2.03. The monoisotopic (exact) mass is 177 g/mol. The molecule has 0 atom stereocenters. The van der Waals surface area contributed by atoms with Crippen molar-refractivity contribution >= 4 is 5.97 Å². The lowest BCUT2D eigenvalue weighted by atomic mass is 10.4. The van der Waals surface area contributed by atoms with Gasteiger partial charge in [-0.25, -0.2) is 9.78 Å². The zero-order chi connectivity index (χ0) is 9.52. The minimum absolute atomic E-state index is 0.327. The van der Waals surface area contributed by atoms with E-state index in [0.717, 1.165) is 6.42 Å². The molecule has 0 saturated carbocycles. The zero-order valence-corrected chi connectivity index (χ0v) is 7.43. The lowest BCUT2D eigenvalue weighted by Gasteiger charge is -1.97. The number of carbonyl (C=O) groups is 1. The molecule has 0 aliphatic rings. The first kappa shape index (κ1) is 9.45. The fourth-order valence-corrected chi connectivity index (χ4v) is 0.759. The van der Waals surface area contributed by atoms with Crippen LogP contribution in [0.25, 0.3) is 0 Å². The van der Waals surface area contributed by atoms with E-state index < -0.39 is 0 Å². The van der Waals surface area contributed by atoms with Gasteiger partial charge in [0, 0.05) is 18.3 Å². The highest BCUT2D eigenvalue weighted by molar-refractivity contribution is 5.83. The second-order valence-electron chi connectivity index (χ2n) is 2.40. The van der Waals surface area contributed by atoms with Crippen LogP contribution in [0, 0.1) is 0 Å². The van der Waals surface area contributed by atoms with Crippen molar-refractivity contribution in [3.63, 3.8) is 0 Å². The molecule has 0 spiro atoms. The van der Waals surface area contributed by atoms with E-state index in [4.69, 9.17) is 4.74 Å². The van der Waals surface area contributed by atoms with Crippen LogP contribution in [0.15, 0.2) is 36.5 Å². The molecule has 0 unspecified atom stereocenters. The molecular formula is C10H11NO2. The first-order valence-electron chi connectivity index (χ1n) is 4.12. The smallest absolute Gasteiger partial charge is 0.337 e.